The summed E-state index contributed by atoms with van der Waals surface area (Å²) in [6.07, 6.45) is 0. The second-order valence-electron chi connectivity index (χ2n) is 3.96. The van der Waals surface area contributed by atoms with Crippen molar-refractivity contribution < 1.29 is 29.3 Å². The third-order valence-corrected chi connectivity index (χ3v) is 3.08. The van der Waals surface area contributed by atoms with Crippen LogP contribution in [0.5, 0.6) is 0 Å². The topological polar surface area (TPSA) is 93.1 Å². The number of alkyl halides is 6. The van der Waals surface area contributed by atoms with Gasteiger partial charge in [0.1, 0.15) is 13.2 Å². The highest BCUT2D eigenvalue weighted by Crippen LogP contribution is 2.30. The molecule has 6 nitrogen and oxygen atoms in total. The first-order valence-electron chi connectivity index (χ1n) is 5.07. The molecule has 0 saturated carbocycles. The number of carbonyl (C=O) groups excluding carboxylic acids is 2. The van der Waals surface area contributed by atoms with Gasteiger partial charge in [-0.2, -0.15) is 0 Å². The van der Waals surface area contributed by atoms with Crippen molar-refractivity contribution in [2.24, 2.45) is 5.41 Å². The molecular formula is C9H10Cl6O6. The molecule has 0 unspecified atom stereocenters. The maximum Gasteiger partial charge on any atom is 0.358 e. The Labute approximate surface area is 150 Å². The molecule has 0 rings (SSSR count). The van der Waals surface area contributed by atoms with Crippen LogP contribution in [0.25, 0.3) is 0 Å². The number of aliphatic hydroxyl groups excluding tert-OH is 2. The summed E-state index contributed by atoms with van der Waals surface area (Å²) in [6, 6.07) is 0. The molecule has 2 N–H and O–H groups in total. The van der Waals surface area contributed by atoms with E-state index in [1.807, 2.05) is 0 Å². The highest BCUT2D eigenvalue weighted by molar-refractivity contribution is 6.76. The zero-order valence-electron chi connectivity index (χ0n) is 10.1. The van der Waals surface area contributed by atoms with Gasteiger partial charge in [0.05, 0.1) is 18.6 Å². The van der Waals surface area contributed by atoms with Crippen molar-refractivity contribution in [2.75, 3.05) is 26.4 Å². The number of ether oxygens (including phenoxy) is 2. The van der Waals surface area contributed by atoms with Gasteiger partial charge >= 0.3 is 11.9 Å². The molecule has 0 aromatic heterocycles. The molecule has 0 aliphatic rings. The van der Waals surface area contributed by atoms with Gasteiger partial charge in [-0.3, -0.25) is 0 Å². The lowest BCUT2D eigenvalue weighted by atomic mass is 9.92. The first-order valence-corrected chi connectivity index (χ1v) is 7.34. The van der Waals surface area contributed by atoms with Gasteiger partial charge in [0, 0.05) is 0 Å². The van der Waals surface area contributed by atoms with Crippen LogP contribution in [0.4, 0.5) is 0 Å². The normalized spacial score (nSPS) is 13.0. The van der Waals surface area contributed by atoms with Gasteiger partial charge < -0.3 is 19.7 Å². The van der Waals surface area contributed by atoms with Crippen LogP contribution >= 0.6 is 69.6 Å². The fraction of sp³-hybridized carbons (Fsp3) is 0.778. The minimum atomic E-state index is -2.33. The predicted octanol–water partition coefficient (Wildman–Crippen LogP) is 1.78. The molecule has 0 heterocycles. The molecule has 0 aromatic carbocycles. The average molecular weight is 427 g/mol. The number of rotatable bonds is 6. The third kappa shape index (κ3) is 7.61. The van der Waals surface area contributed by atoms with Crippen molar-refractivity contribution in [1.82, 2.24) is 0 Å². The van der Waals surface area contributed by atoms with Crippen LogP contribution in [0.2, 0.25) is 0 Å². The van der Waals surface area contributed by atoms with Crippen LogP contribution in [0, 0.1) is 5.41 Å². The van der Waals surface area contributed by atoms with Gasteiger partial charge in [-0.25, -0.2) is 9.59 Å². The summed E-state index contributed by atoms with van der Waals surface area (Å²) in [5.74, 6) is -2.46. The molecule has 0 fully saturated rings. The fourth-order valence-corrected chi connectivity index (χ4v) is 1.20. The average Bonchev–Trinajstić information content (AvgIpc) is 2.36. The first-order chi connectivity index (χ1) is 9.38. The van der Waals surface area contributed by atoms with Crippen LogP contribution in [0.1, 0.15) is 0 Å². The number of hydrogen-bond acceptors (Lipinski definition) is 6. The van der Waals surface area contributed by atoms with Crippen molar-refractivity contribution in [3.05, 3.63) is 0 Å². The summed E-state index contributed by atoms with van der Waals surface area (Å²) in [5.41, 5.74) is -1.54. The number of aliphatic hydroxyl groups is 2. The second kappa shape index (κ2) is 8.45. The maximum absolute atomic E-state index is 11.3. The molecule has 21 heavy (non-hydrogen) atoms. The molecule has 0 saturated heterocycles. The lowest BCUT2D eigenvalue weighted by Crippen LogP contribution is -2.43. The van der Waals surface area contributed by atoms with E-state index in [-0.39, 0.29) is 0 Å². The minimum absolute atomic E-state index is 0.597. The smallest absolute Gasteiger partial charge is 0.358 e. The molecule has 0 amide bonds. The van der Waals surface area contributed by atoms with Crippen LogP contribution in [0.15, 0.2) is 0 Å². The van der Waals surface area contributed by atoms with E-state index in [2.05, 4.69) is 9.47 Å². The standard InChI is InChI=1S/C9H10Cl6O6/c10-8(11,12)5(18)20-3-7(1-16,2-17)4-21-6(19)9(13,14)15/h16-17H,1-4H2. The van der Waals surface area contributed by atoms with Gasteiger partial charge in [0.2, 0.25) is 0 Å². The zero-order chi connectivity index (χ0) is 16.9. The number of esters is 2. The van der Waals surface area contributed by atoms with Gasteiger partial charge in [-0.05, 0) is 0 Å². The van der Waals surface area contributed by atoms with Crippen LogP contribution < -0.4 is 0 Å². The largest absolute Gasteiger partial charge is 0.462 e. The Bertz CT molecular complexity index is 340. The van der Waals surface area contributed by atoms with Gasteiger partial charge in [-0.1, -0.05) is 69.6 Å². The molecule has 0 radical (unpaired) electrons. The summed E-state index contributed by atoms with van der Waals surface area (Å²) in [7, 11) is 0. The summed E-state index contributed by atoms with van der Waals surface area (Å²) in [6.45, 7) is -2.63. The van der Waals surface area contributed by atoms with E-state index in [1.165, 1.54) is 0 Å². The molecule has 0 aliphatic heterocycles. The van der Waals surface area contributed by atoms with E-state index in [1.54, 1.807) is 0 Å². The SMILES string of the molecule is O=C(OCC(CO)(CO)COC(=O)C(Cl)(Cl)Cl)C(Cl)(Cl)Cl. The van der Waals surface area contributed by atoms with E-state index in [0.29, 0.717) is 0 Å². The van der Waals surface area contributed by atoms with E-state index in [9.17, 15) is 19.8 Å². The Morgan fingerprint density at radius 3 is 1.24 bits per heavy atom. The van der Waals surface area contributed by atoms with Crippen molar-refractivity contribution in [3.63, 3.8) is 0 Å². The molecule has 124 valence electrons. The van der Waals surface area contributed by atoms with Crippen molar-refractivity contribution in [2.45, 2.75) is 7.59 Å². The summed E-state index contributed by atoms with van der Waals surface area (Å²) < 4.78 is 4.60. The molecule has 12 heteroatoms. The highest BCUT2D eigenvalue weighted by atomic mass is 35.6. The molecule has 0 spiro atoms. The molecular weight excluding hydrogens is 417 g/mol. The first kappa shape index (κ1) is 21.6. The highest BCUT2D eigenvalue weighted by Gasteiger charge is 2.40. The minimum Gasteiger partial charge on any atom is -0.462 e. The van der Waals surface area contributed by atoms with E-state index in [4.69, 9.17) is 69.6 Å². The van der Waals surface area contributed by atoms with Gasteiger partial charge in [0.15, 0.2) is 0 Å². The molecule has 0 aliphatic carbocycles. The van der Waals surface area contributed by atoms with Crippen LogP contribution in [-0.4, -0.2) is 56.2 Å². The second-order valence-corrected chi connectivity index (χ2v) is 8.53. The lowest BCUT2D eigenvalue weighted by molar-refractivity contribution is -0.157. The Hall–Kier alpha value is 0.600. The third-order valence-electron chi connectivity index (χ3n) is 2.15. The predicted molar refractivity (Wildman–Crippen MR) is 79.1 cm³/mol. The monoisotopic (exact) mass is 424 g/mol. The Morgan fingerprint density at radius 2 is 1.05 bits per heavy atom. The van der Waals surface area contributed by atoms with Gasteiger partial charge in [-0.15, -0.1) is 0 Å². The Balaban J connectivity index is 4.71. The maximum atomic E-state index is 11.3. The van der Waals surface area contributed by atoms with E-state index < -0.39 is 51.4 Å². The van der Waals surface area contributed by atoms with Crippen molar-refractivity contribution in [1.29, 1.82) is 0 Å². The Kier molecular flexibility index (Phi) is 8.69. The molecule has 0 aromatic rings. The van der Waals surface area contributed by atoms with Crippen LogP contribution in [-0.2, 0) is 19.1 Å². The van der Waals surface area contributed by atoms with E-state index >= 15 is 0 Å². The summed E-state index contributed by atoms with van der Waals surface area (Å²) >= 11 is 31.7. The number of carbonyl (C=O) groups is 2. The zero-order valence-corrected chi connectivity index (χ0v) is 14.7. The fourth-order valence-electron chi connectivity index (χ4n) is 0.875. The molecule has 0 atom stereocenters. The van der Waals surface area contributed by atoms with Crippen molar-refractivity contribution in [3.8, 4) is 0 Å². The van der Waals surface area contributed by atoms with Crippen molar-refractivity contribution >= 4 is 81.5 Å². The Morgan fingerprint density at radius 1 is 0.762 bits per heavy atom. The number of hydrogen-bond donors (Lipinski definition) is 2. The van der Waals surface area contributed by atoms with Gasteiger partial charge in [0.25, 0.3) is 7.59 Å². The number of halogens is 6. The van der Waals surface area contributed by atoms with E-state index in [0.717, 1.165) is 0 Å². The van der Waals surface area contributed by atoms with Crippen LogP contribution in [0.3, 0.4) is 0 Å². The summed E-state index contributed by atoms with van der Waals surface area (Å²) in [5, 5.41) is 18.5. The quantitative estimate of drug-likeness (QED) is 0.497. The lowest BCUT2D eigenvalue weighted by Gasteiger charge is -2.29. The molecule has 0 bridgehead atoms. The summed E-state index contributed by atoms with van der Waals surface area (Å²) in [4.78, 5) is 22.6.